The topological polar surface area (TPSA) is 29.5 Å². The summed E-state index contributed by atoms with van der Waals surface area (Å²) in [5, 5.41) is 0.822. The normalized spacial score (nSPS) is 13.7. The first-order chi connectivity index (χ1) is 10.6. The molecular weight excluding hydrogens is 303 g/mol. The molecule has 0 fully saturated rings. The van der Waals surface area contributed by atoms with Crippen LogP contribution in [0, 0.1) is 0 Å². The van der Waals surface area contributed by atoms with Crippen LogP contribution in [0.25, 0.3) is 0 Å². The van der Waals surface area contributed by atoms with Gasteiger partial charge in [0.2, 0.25) is 0 Å². The molecule has 1 atom stereocenters. The van der Waals surface area contributed by atoms with Crippen molar-refractivity contribution in [2.45, 2.75) is 52.4 Å². The number of hydrogen-bond acceptors (Lipinski definition) is 2. The summed E-state index contributed by atoms with van der Waals surface area (Å²) in [7, 11) is -1.65. The van der Waals surface area contributed by atoms with Crippen LogP contribution in [0.1, 0.15) is 52.7 Å². The second-order valence-electron chi connectivity index (χ2n) is 7.91. The van der Waals surface area contributed by atoms with Crippen LogP contribution in [-0.4, -0.2) is 4.89 Å². The lowest BCUT2D eigenvalue weighted by Gasteiger charge is -2.27. The maximum absolute atomic E-state index is 10.4. The van der Waals surface area contributed by atoms with Gasteiger partial charge in [0.25, 0.3) is 8.38 Å². The van der Waals surface area contributed by atoms with E-state index in [-0.39, 0.29) is 10.8 Å². The van der Waals surface area contributed by atoms with E-state index in [0.29, 0.717) is 0 Å². The van der Waals surface area contributed by atoms with E-state index in [2.05, 4.69) is 53.7 Å². The fraction of sp³-hybridized carbons (Fsp3) is 0.400. The van der Waals surface area contributed by atoms with E-state index >= 15 is 0 Å². The lowest BCUT2D eigenvalue weighted by Crippen LogP contribution is -2.17. The minimum Gasteiger partial charge on any atom is -0.444 e. The summed E-state index contributed by atoms with van der Waals surface area (Å²) in [5.41, 5.74) is 2.44. The minimum atomic E-state index is -1.65. The first-order valence-electron chi connectivity index (χ1n) is 7.96. The summed E-state index contributed by atoms with van der Waals surface area (Å²) >= 11 is 0. The zero-order chi connectivity index (χ0) is 17.3. The largest absolute Gasteiger partial charge is 0.444 e. The molecule has 0 aliphatic rings. The van der Waals surface area contributed by atoms with Crippen LogP contribution < -0.4 is 9.83 Å². The summed E-state index contributed by atoms with van der Waals surface area (Å²) in [4.78, 5) is 10.4. The van der Waals surface area contributed by atoms with Crippen LogP contribution in [0.3, 0.4) is 0 Å². The van der Waals surface area contributed by atoms with Gasteiger partial charge in [0.15, 0.2) is 0 Å². The molecular formula is C20H27O2P. The van der Waals surface area contributed by atoms with E-state index in [1.807, 2.05) is 36.4 Å². The van der Waals surface area contributed by atoms with Gasteiger partial charge in [0, 0.05) is 10.9 Å². The Labute approximate surface area is 141 Å². The molecule has 0 aliphatic carbocycles. The quantitative estimate of drug-likeness (QED) is 0.775. The average Bonchev–Trinajstić information content (AvgIpc) is 2.46. The predicted molar refractivity (Wildman–Crippen MR) is 99.7 cm³/mol. The molecule has 2 nitrogen and oxygen atoms in total. The summed E-state index contributed by atoms with van der Waals surface area (Å²) in [5.74, 6) is 0.767. The van der Waals surface area contributed by atoms with Gasteiger partial charge in [0.1, 0.15) is 5.75 Å². The average molecular weight is 330 g/mol. The summed E-state index contributed by atoms with van der Waals surface area (Å²) in [6, 6.07) is 15.9. The summed E-state index contributed by atoms with van der Waals surface area (Å²) in [6.07, 6.45) is 0. The molecule has 2 aromatic carbocycles. The third kappa shape index (κ3) is 4.56. The summed E-state index contributed by atoms with van der Waals surface area (Å²) in [6.45, 7) is 13.1. The van der Waals surface area contributed by atoms with E-state index in [0.717, 1.165) is 16.6 Å². The zero-order valence-electron chi connectivity index (χ0n) is 14.9. The van der Waals surface area contributed by atoms with E-state index in [9.17, 15) is 4.89 Å². The highest BCUT2D eigenvalue weighted by Crippen LogP contribution is 2.41. The Bertz CT molecular complexity index is 652. The Balaban J connectivity index is 2.38. The third-order valence-corrected chi connectivity index (χ3v) is 4.93. The van der Waals surface area contributed by atoms with Gasteiger partial charge in [-0.25, -0.2) is 0 Å². The number of benzene rings is 2. The van der Waals surface area contributed by atoms with Crippen LogP contribution in [0.4, 0.5) is 0 Å². The molecule has 0 aliphatic heterocycles. The molecule has 0 saturated carbocycles. The molecule has 1 N–H and O–H groups in total. The molecule has 124 valence electrons. The van der Waals surface area contributed by atoms with E-state index in [1.54, 1.807) is 0 Å². The predicted octanol–water partition coefficient (Wildman–Crippen LogP) is 5.29. The standard InChI is InChI=1S/C20H27O2P/c1-19(2,3)15-12-13-18(17(14-15)20(4,5)6)22-23(21)16-10-8-7-9-11-16/h7-14,21H,1-6H3. The second kappa shape index (κ2) is 6.63. The van der Waals surface area contributed by atoms with Gasteiger partial charge >= 0.3 is 0 Å². The van der Waals surface area contributed by atoms with Crippen molar-refractivity contribution in [1.82, 2.24) is 0 Å². The van der Waals surface area contributed by atoms with Crippen molar-refractivity contribution in [3.8, 4) is 5.75 Å². The number of rotatable bonds is 3. The molecule has 0 bridgehead atoms. The van der Waals surface area contributed by atoms with Crippen molar-refractivity contribution in [3.63, 3.8) is 0 Å². The Morgan fingerprint density at radius 2 is 1.43 bits per heavy atom. The van der Waals surface area contributed by atoms with Gasteiger partial charge in [-0.05, 0) is 34.6 Å². The zero-order valence-corrected chi connectivity index (χ0v) is 15.8. The molecule has 0 spiro atoms. The molecule has 0 aromatic heterocycles. The SMILES string of the molecule is CC(C)(C)c1ccc(OP(O)c2ccccc2)c(C(C)(C)C)c1. The first-order valence-corrected chi connectivity index (χ1v) is 9.17. The molecule has 1 unspecified atom stereocenters. The van der Waals surface area contributed by atoms with Crippen LogP contribution in [0.15, 0.2) is 48.5 Å². The number of hydrogen-bond donors (Lipinski definition) is 1. The van der Waals surface area contributed by atoms with Gasteiger partial charge in [0.05, 0.1) is 0 Å². The minimum absolute atomic E-state index is 0.0521. The van der Waals surface area contributed by atoms with Gasteiger partial charge in [-0.3, -0.25) is 0 Å². The van der Waals surface area contributed by atoms with Crippen LogP contribution in [0.2, 0.25) is 0 Å². The third-order valence-electron chi connectivity index (χ3n) is 3.82. The second-order valence-corrected chi connectivity index (χ2v) is 9.16. The van der Waals surface area contributed by atoms with Gasteiger partial charge in [-0.15, -0.1) is 0 Å². The highest BCUT2D eigenvalue weighted by Gasteiger charge is 2.24. The van der Waals surface area contributed by atoms with Crippen LogP contribution in [-0.2, 0) is 10.8 Å². The van der Waals surface area contributed by atoms with Crippen molar-refractivity contribution in [3.05, 3.63) is 59.7 Å². The maximum Gasteiger partial charge on any atom is 0.262 e. The maximum atomic E-state index is 10.4. The van der Waals surface area contributed by atoms with Gasteiger partial charge < -0.3 is 9.42 Å². The fourth-order valence-electron chi connectivity index (χ4n) is 2.36. The molecule has 3 heteroatoms. The molecule has 0 heterocycles. The summed E-state index contributed by atoms with van der Waals surface area (Å²) < 4.78 is 5.95. The van der Waals surface area contributed by atoms with Crippen molar-refractivity contribution in [2.75, 3.05) is 0 Å². The lowest BCUT2D eigenvalue weighted by molar-refractivity contribution is 0.477. The Morgan fingerprint density at radius 1 is 0.826 bits per heavy atom. The first kappa shape index (κ1) is 18.0. The van der Waals surface area contributed by atoms with E-state index < -0.39 is 8.38 Å². The van der Waals surface area contributed by atoms with E-state index in [1.165, 1.54) is 5.56 Å². The fourth-order valence-corrected chi connectivity index (χ4v) is 3.24. The van der Waals surface area contributed by atoms with Crippen molar-refractivity contribution >= 4 is 13.7 Å². The molecule has 2 rings (SSSR count). The Hall–Kier alpha value is -1.37. The van der Waals surface area contributed by atoms with E-state index in [4.69, 9.17) is 4.52 Å². The highest BCUT2D eigenvalue weighted by molar-refractivity contribution is 7.55. The lowest BCUT2D eigenvalue weighted by atomic mass is 9.80. The van der Waals surface area contributed by atoms with Crippen LogP contribution in [0.5, 0.6) is 5.75 Å². The monoisotopic (exact) mass is 330 g/mol. The molecule has 23 heavy (non-hydrogen) atoms. The van der Waals surface area contributed by atoms with Gasteiger partial charge in [-0.2, -0.15) is 0 Å². The van der Waals surface area contributed by atoms with Crippen molar-refractivity contribution < 1.29 is 9.42 Å². The molecule has 0 saturated heterocycles. The molecule has 0 amide bonds. The van der Waals surface area contributed by atoms with Gasteiger partial charge in [-0.1, -0.05) is 71.9 Å². The highest BCUT2D eigenvalue weighted by atomic mass is 31.2. The van der Waals surface area contributed by atoms with Crippen molar-refractivity contribution in [1.29, 1.82) is 0 Å². The Morgan fingerprint density at radius 3 is 1.96 bits per heavy atom. The molecule has 0 radical (unpaired) electrons. The molecule has 2 aromatic rings. The van der Waals surface area contributed by atoms with Crippen LogP contribution >= 0.6 is 8.38 Å². The smallest absolute Gasteiger partial charge is 0.262 e. The Kier molecular flexibility index (Phi) is 5.18. The van der Waals surface area contributed by atoms with Crippen molar-refractivity contribution in [2.24, 2.45) is 0 Å².